The molecule has 3 rings (SSSR count). The highest BCUT2D eigenvalue weighted by atomic mass is 79.9. The molecule has 0 bridgehead atoms. The van der Waals surface area contributed by atoms with Crippen molar-refractivity contribution in [3.63, 3.8) is 0 Å². The third-order valence-corrected chi connectivity index (χ3v) is 3.82. The molecular weight excluding hydrogens is 381 g/mol. The molecule has 1 N–H and O–H groups in total. The van der Waals surface area contributed by atoms with Crippen LogP contribution in [0.3, 0.4) is 0 Å². The zero-order chi connectivity index (χ0) is 15.0. The fourth-order valence-electron chi connectivity index (χ4n) is 1.89. The summed E-state index contributed by atoms with van der Waals surface area (Å²) in [4.78, 5) is 12.2. The van der Waals surface area contributed by atoms with Crippen LogP contribution in [0, 0.1) is 0 Å². The number of nitrogens with one attached hydrogen (secondary N) is 1. The molecule has 0 saturated heterocycles. The van der Waals surface area contributed by atoms with Crippen molar-refractivity contribution in [2.45, 2.75) is 0 Å². The average molecular weight is 389 g/mol. The maximum Gasteiger partial charge on any atom is 0.255 e. The number of fused-ring (bicyclic) bond motifs is 1. The maximum absolute atomic E-state index is 12.2. The summed E-state index contributed by atoms with van der Waals surface area (Å²) in [7, 11) is 0. The summed E-state index contributed by atoms with van der Waals surface area (Å²) >= 11 is 15.3. The van der Waals surface area contributed by atoms with Gasteiger partial charge in [0.2, 0.25) is 6.79 Å². The Bertz CT molecular complexity index is 716. The van der Waals surface area contributed by atoms with Crippen LogP contribution in [-0.2, 0) is 0 Å². The lowest BCUT2D eigenvalue weighted by molar-refractivity contribution is 0.102. The second-order valence-electron chi connectivity index (χ2n) is 4.30. The van der Waals surface area contributed by atoms with Gasteiger partial charge >= 0.3 is 0 Å². The van der Waals surface area contributed by atoms with E-state index in [1.54, 1.807) is 30.3 Å². The van der Waals surface area contributed by atoms with Crippen LogP contribution in [0.5, 0.6) is 11.5 Å². The topological polar surface area (TPSA) is 47.6 Å². The monoisotopic (exact) mass is 387 g/mol. The number of ether oxygens (including phenoxy) is 2. The van der Waals surface area contributed by atoms with Crippen molar-refractivity contribution < 1.29 is 14.3 Å². The van der Waals surface area contributed by atoms with Gasteiger partial charge < -0.3 is 14.8 Å². The fraction of sp³-hybridized carbons (Fsp3) is 0.0714. The van der Waals surface area contributed by atoms with Crippen LogP contribution >= 0.6 is 39.1 Å². The Morgan fingerprint density at radius 1 is 1.10 bits per heavy atom. The van der Waals surface area contributed by atoms with Gasteiger partial charge in [-0.15, -0.1) is 0 Å². The molecule has 4 nitrogen and oxygen atoms in total. The number of benzene rings is 2. The molecule has 0 radical (unpaired) electrons. The van der Waals surface area contributed by atoms with Gasteiger partial charge in [-0.25, -0.2) is 0 Å². The van der Waals surface area contributed by atoms with Crippen LogP contribution in [-0.4, -0.2) is 12.7 Å². The summed E-state index contributed by atoms with van der Waals surface area (Å²) in [5.74, 6) is 0.782. The first-order valence-electron chi connectivity index (χ1n) is 5.89. The zero-order valence-corrected chi connectivity index (χ0v) is 13.6. The van der Waals surface area contributed by atoms with Crippen molar-refractivity contribution in [2.24, 2.45) is 0 Å². The quantitative estimate of drug-likeness (QED) is 0.808. The number of carbonyl (C=O) groups excluding carboxylic acids is 1. The van der Waals surface area contributed by atoms with E-state index in [1.165, 1.54) is 0 Å². The van der Waals surface area contributed by atoms with Gasteiger partial charge in [-0.3, -0.25) is 4.79 Å². The van der Waals surface area contributed by atoms with Crippen molar-refractivity contribution in [1.82, 2.24) is 0 Å². The molecule has 0 aliphatic carbocycles. The van der Waals surface area contributed by atoms with Crippen molar-refractivity contribution >= 4 is 50.7 Å². The molecule has 0 atom stereocenters. The number of amides is 1. The predicted octanol–water partition coefficient (Wildman–Crippen LogP) is 4.74. The Balaban J connectivity index is 1.88. The third kappa shape index (κ3) is 3.10. The van der Waals surface area contributed by atoms with Crippen molar-refractivity contribution in [3.05, 3.63) is 50.4 Å². The molecule has 0 unspecified atom stereocenters. The van der Waals surface area contributed by atoms with Crippen LogP contribution in [0.4, 0.5) is 5.69 Å². The minimum Gasteiger partial charge on any atom is -0.454 e. The lowest BCUT2D eigenvalue weighted by atomic mass is 10.2. The maximum atomic E-state index is 12.2. The van der Waals surface area contributed by atoms with Crippen LogP contribution < -0.4 is 14.8 Å². The minimum atomic E-state index is -0.320. The molecule has 2 aromatic rings. The SMILES string of the molecule is O=C(Nc1cc2c(cc1Cl)OCO2)c1cc(Cl)cc(Br)c1. The van der Waals surface area contributed by atoms with Gasteiger partial charge in [0.25, 0.3) is 5.91 Å². The standard InChI is InChI=1S/C14H8BrCl2NO3/c15-8-1-7(2-9(16)3-8)14(19)18-11-5-13-12(4-10(11)17)20-6-21-13/h1-5H,6H2,(H,18,19). The van der Waals surface area contributed by atoms with E-state index in [-0.39, 0.29) is 12.7 Å². The van der Waals surface area contributed by atoms with Gasteiger partial charge in [-0.2, -0.15) is 0 Å². The van der Waals surface area contributed by atoms with Gasteiger partial charge in [-0.05, 0) is 18.2 Å². The van der Waals surface area contributed by atoms with Crippen LogP contribution in [0.15, 0.2) is 34.8 Å². The Labute approximate surface area is 139 Å². The Morgan fingerprint density at radius 3 is 2.52 bits per heavy atom. The second kappa shape index (κ2) is 5.75. The number of anilines is 1. The summed E-state index contributed by atoms with van der Waals surface area (Å²) in [6.07, 6.45) is 0. The molecule has 1 heterocycles. The van der Waals surface area contributed by atoms with Crippen LogP contribution in [0.25, 0.3) is 0 Å². The zero-order valence-electron chi connectivity index (χ0n) is 10.5. The molecule has 108 valence electrons. The predicted molar refractivity (Wildman–Crippen MR) is 84.7 cm³/mol. The van der Waals surface area contributed by atoms with E-state index in [0.29, 0.717) is 32.8 Å². The fourth-order valence-corrected chi connectivity index (χ4v) is 2.95. The smallest absolute Gasteiger partial charge is 0.255 e. The first kappa shape index (κ1) is 14.5. The van der Waals surface area contributed by atoms with Gasteiger partial charge in [0.15, 0.2) is 11.5 Å². The number of rotatable bonds is 2. The van der Waals surface area contributed by atoms with Crippen molar-refractivity contribution in [3.8, 4) is 11.5 Å². The summed E-state index contributed by atoms with van der Waals surface area (Å²) < 4.78 is 11.2. The molecule has 21 heavy (non-hydrogen) atoms. The van der Waals surface area contributed by atoms with Crippen LogP contribution in [0.1, 0.15) is 10.4 Å². The molecule has 0 aromatic heterocycles. The summed E-state index contributed by atoms with van der Waals surface area (Å²) in [6, 6.07) is 8.17. The first-order chi connectivity index (χ1) is 10.0. The molecule has 1 aliphatic rings. The summed E-state index contributed by atoms with van der Waals surface area (Å²) in [6.45, 7) is 0.143. The van der Waals surface area contributed by atoms with E-state index >= 15 is 0 Å². The molecular formula is C14H8BrCl2NO3. The number of halogens is 3. The van der Waals surface area contributed by atoms with Crippen molar-refractivity contribution in [1.29, 1.82) is 0 Å². The molecule has 0 saturated carbocycles. The Kier molecular flexibility index (Phi) is 3.97. The highest BCUT2D eigenvalue weighted by Crippen LogP contribution is 2.39. The van der Waals surface area contributed by atoms with Crippen LogP contribution in [0.2, 0.25) is 10.0 Å². The van der Waals surface area contributed by atoms with E-state index in [2.05, 4.69) is 21.2 Å². The van der Waals surface area contributed by atoms with Gasteiger partial charge in [0, 0.05) is 27.2 Å². The number of hydrogen-bond donors (Lipinski definition) is 1. The van der Waals surface area contributed by atoms with E-state index in [1.807, 2.05) is 0 Å². The highest BCUT2D eigenvalue weighted by molar-refractivity contribution is 9.10. The molecule has 0 fully saturated rings. The first-order valence-corrected chi connectivity index (χ1v) is 7.44. The molecule has 1 aliphatic heterocycles. The van der Waals surface area contributed by atoms with E-state index in [9.17, 15) is 4.79 Å². The lowest BCUT2D eigenvalue weighted by Crippen LogP contribution is -2.12. The van der Waals surface area contributed by atoms with E-state index < -0.39 is 0 Å². The largest absolute Gasteiger partial charge is 0.454 e. The molecule has 1 amide bonds. The van der Waals surface area contributed by atoms with Gasteiger partial charge in [0.05, 0.1) is 10.7 Å². The van der Waals surface area contributed by atoms with Crippen molar-refractivity contribution in [2.75, 3.05) is 12.1 Å². The summed E-state index contributed by atoms with van der Waals surface area (Å²) in [5.41, 5.74) is 0.866. The molecule has 2 aromatic carbocycles. The van der Waals surface area contributed by atoms with Gasteiger partial charge in [-0.1, -0.05) is 39.1 Å². The molecule has 0 spiro atoms. The third-order valence-electron chi connectivity index (χ3n) is 2.84. The average Bonchev–Trinajstić information content (AvgIpc) is 2.85. The highest BCUT2D eigenvalue weighted by Gasteiger charge is 2.18. The number of carbonyl (C=O) groups is 1. The van der Waals surface area contributed by atoms with Gasteiger partial charge in [0.1, 0.15) is 0 Å². The molecule has 7 heteroatoms. The van der Waals surface area contributed by atoms with E-state index in [0.717, 1.165) is 4.47 Å². The normalized spacial score (nSPS) is 12.3. The lowest BCUT2D eigenvalue weighted by Gasteiger charge is -2.09. The minimum absolute atomic E-state index is 0.143. The Hall–Kier alpha value is -1.43. The Morgan fingerprint density at radius 2 is 1.81 bits per heavy atom. The van der Waals surface area contributed by atoms with E-state index in [4.69, 9.17) is 32.7 Å². The summed E-state index contributed by atoms with van der Waals surface area (Å²) in [5, 5.41) is 3.56. The second-order valence-corrected chi connectivity index (χ2v) is 6.06. The number of hydrogen-bond acceptors (Lipinski definition) is 3.